The number of cyclic esters (lactones) is 1. The van der Waals surface area contributed by atoms with Crippen LogP contribution < -0.4 is 0 Å². The number of carbonyl (C=O) groups excluding carboxylic acids is 3. The van der Waals surface area contributed by atoms with Gasteiger partial charge in [0.2, 0.25) is 0 Å². The Bertz CT molecular complexity index is 1890. The van der Waals surface area contributed by atoms with Gasteiger partial charge in [-0.15, -0.1) is 0 Å². The van der Waals surface area contributed by atoms with Crippen LogP contribution in [0.5, 0.6) is 0 Å². The number of allylic oxidation sites excluding steroid dienone is 1. The second-order valence-electron chi connectivity index (χ2n) is 21.0. The molecule has 1 aromatic heterocycles. The minimum absolute atomic E-state index is 0.0124. The van der Waals surface area contributed by atoms with Gasteiger partial charge in [0.1, 0.15) is 23.2 Å². The van der Waals surface area contributed by atoms with Crippen molar-refractivity contribution in [3.63, 3.8) is 0 Å². The average Bonchev–Trinajstić information content (AvgIpc) is 3.71. The van der Waals surface area contributed by atoms with Crippen LogP contribution in [0.15, 0.2) is 23.5 Å². The zero-order chi connectivity index (χ0) is 40.6. The van der Waals surface area contributed by atoms with Crippen LogP contribution in [-0.2, 0) is 29.4 Å². The molecule has 0 unspecified atom stereocenters. The normalized spacial score (nSPS) is 41.4. The number of ketones is 1. The summed E-state index contributed by atoms with van der Waals surface area (Å²) in [5.41, 5.74) is -0.708. The van der Waals surface area contributed by atoms with Crippen molar-refractivity contribution in [1.29, 1.82) is 0 Å². The Morgan fingerprint density at radius 3 is 2.29 bits per heavy atom. The van der Waals surface area contributed by atoms with Crippen molar-refractivity contribution < 1.29 is 33.8 Å². The van der Waals surface area contributed by atoms with Gasteiger partial charge >= 0.3 is 18.0 Å². The summed E-state index contributed by atoms with van der Waals surface area (Å²) in [6.07, 6.45) is 11.1. The largest absolute Gasteiger partial charge is 0.481 e. The third-order valence-corrected chi connectivity index (χ3v) is 17.6. The number of hydrogen-bond acceptors (Lipinski definition) is 8. The smallest absolute Gasteiger partial charge is 0.411 e. The minimum atomic E-state index is -1.20. The number of aliphatic carboxylic acids is 1. The van der Waals surface area contributed by atoms with E-state index in [1.165, 1.54) is 5.57 Å². The maximum Gasteiger partial charge on any atom is 0.411 e. The summed E-state index contributed by atoms with van der Waals surface area (Å²) < 4.78 is 12.6. The maximum absolute atomic E-state index is 14.3. The number of carboxylic acids is 1. The first kappa shape index (κ1) is 39.7. The Morgan fingerprint density at radius 2 is 1.66 bits per heavy atom. The van der Waals surface area contributed by atoms with Crippen LogP contribution >= 0.6 is 11.6 Å². The van der Waals surface area contributed by atoms with Gasteiger partial charge in [0.15, 0.2) is 11.6 Å². The van der Waals surface area contributed by atoms with E-state index >= 15 is 0 Å². The average molecular weight is 791 g/mol. The lowest BCUT2D eigenvalue weighted by molar-refractivity contribution is -0.230. The molecule has 1 N–H and O–H groups in total. The molecule has 6 fully saturated rings. The van der Waals surface area contributed by atoms with Crippen LogP contribution in [0.1, 0.15) is 138 Å². The molecule has 304 valence electrons. The molecule has 56 heavy (non-hydrogen) atoms. The number of hydrogen-bond donors (Lipinski definition) is 1. The molecule has 5 saturated carbocycles. The SMILES string of the molecule is [CH2+][C@]1(C)[C@@H](OC(=O)CC(C)(C)C(=O)O)CC[C@]2(C)[C@H]3CC[C@@H]4C5=C(C(C)C)C(=O)C[C@]5([C@H]5CN(C6(c7ncc(Cl)cn7)CC6)C(=O)O5)CC[C@@]4(C)[C@]3(C)CC[C@@H]12. The molecule has 7 aliphatic rings. The predicted molar refractivity (Wildman–Crippen MR) is 210 cm³/mol. The summed E-state index contributed by atoms with van der Waals surface area (Å²) in [7, 11) is 0. The van der Waals surface area contributed by atoms with E-state index in [0.717, 1.165) is 63.4 Å². The van der Waals surface area contributed by atoms with Crippen LogP contribution in [0.3, 0.4) is 0 Å². The van der Waals surface area contributed by atoms with Crippen molar-refractivity contribution in [3.8, 4) is 0 Å². The van der Waals surface area contributed by atoms with Crippen LogP contribution in [0.2, 0.25) is 5.02 Å². The Balaban J connectivity index is 1.08. The van der Waals surface area contributed by atoms with Crippen LogP contribution in [0.4, 0.5) is 4.79 Å². The molecule has 0 radical (unpaired) electrons. The van der Waals surface area contributed by atoms with Gasteiger partial charge in [0.25, 0.3) is 0 Å². The lowest BCUT2D eigenvalue weighted by Crippen LogP contribution is -2.66. The fraction of sp³-hybridized carbons (Fsp3) is 0.756. The van der Waals surface area contributed by atoms with Gasteiger partial charge in [0.05, 0.1) is 30.3 Å². The van der Waals surface area contributed by atoms with E-state index in [1.54, 1.807) is 26.2 Å². The van der Waals surface area contributed by atoms with Crippen LogP contribution in [0.25, 0.3) is 0 Å². The molecule has 10 atom stereocenters. The van der Waals surface area contributed by atoms with Crippen molar-refractivity contribution in [3.05, 3.63) is 41.3 Å². The Hall–Kier alpha value is -3.14. The van der Waals surface area contributed by atoms with Gasteiger partial charge in [-0.3, -0.25) is 19.3 Å². The lowest BCUT2D eigenvalue weighted by atomic mass is 9.33. The summed E-state index contributed by atoms with van der Waals surface area (Å²) in [4.78, 5) is 64.0. The minimum Gasteiger partial charge on any atom is -0.481 e. The number of amides is 1. The molecule has 10 nitrogen and oxygen atoms in total. The summed E-state index contributed by atoms with van der Waals surface area (Å²) in [5, 5.41) is 10.1. The molecule has 0 spiro atoms. The highest BCUT2D eigenvalue weighted by atomic mass is 35.5. The first-order chi connectivity index (χ1) is 26.1. The van der Waals surface area contributed by atoms with E-state index in [0.29, 0.717) is 36.2 Å². The predicted octanol–water partition coefficient (Wildman–Crippen LogP) is 9.15. The van der Waals surface area contributed by atoms with Crippen molar-refractivity contribution in [2.24, 2.45) is 56.2 Å². The van der Waals surface area contributed by atoms with Crippen molar-refractivity contribution >= 4 is 35.4 Å². The van der Waals surface area contributed by atoms with Gasteiger partial charge < -0.3 is 14.6 Å². The summed E-state index contributed by atoms with van der Waals surface area (Å²) in [6.45, 7) is 22.3. The number of carboxylic acid groups (broad SMARTS) is 1. The fourth-order valence-electron chi connectivity index (χ4n) is 14.1. The van der Waals surface area contributed by atoms with E-state index < -0.39 is 39.8 Å². The van der Waals surface area contributed by atoms with Gasteiger partial charge in [-0.05, 0) is 130 Å². The molecule has 0 bridgehead atoms. The van der Waals surface area contributed by atoms with Crippen molar-refractivity contribution in [1.82, 2.24) is 14.9 Å². The molecule has 6 aliphatic carbocycles. The standard InChI is InChI=1S/C45H60ClN3O7/c1-25(2)34-28(50)20-44(32-24-49(38(54)56-32)45(18-19-45)36-47-22-26(46)23-48-36)17-16-42(8)27(35(34)44)10-11-30-41(7)14-13-31(55-33(51)21-39(3,4)37(52)53)40(5,6)29(41)12-15-43(30,42)9/h22-23,25,27,29-32H,5,10-21,24H2,1-4,6-9H3/p+1/t27-,29+,30-,31+,32-,40-,41+,42-,43-,44+/m1/s1. The van der Waals surface area contributed by atoms with Gasteiger partial charge in [-0.2, -0.15) is 0 Å². The molecule has 1 aliphatic heterocycles. The number of halogens is 1. The first-order valence-corrected chi connectivity index (χ1v) is 21.5. The van der Waals surface area contributed by atoms with E-state index in [4.69, 9.17) is 28.0 Å². The molecule has 11 heteroatoms. The van der Waals surface area contributed by atoms with Gasteiger partial charge in [0, 0.05) is 30.1 Å². The Labute approximate surface area is 337 Å². The topological polar surface area (TPSA) is 136 Å². The molecular formula is C45H61ClN3O7+. The quantitative estimate of drug-likeness (QED) is 0.202. The molecule has 1 saturated heterocycles. The lowest BCUT2D eigenvalue weighted by Gasteiger charge is -2.71. The number of carbonyl (C=O) groups is 4. The van der Waals surface area contributed by atoms with Crippen molar-refractivity contribution in [2.75, 3.05) is 6.54 Å². The Kier molecular flexibility index (Phi) is 8.98. The number of nitrogens with zero attached hydrogens (tertiary/aromatic N) is 3. The summed E-state index contributed by atoms with van der Waals surface area (Å²) >= 11 is 6.13. The molecular weight excluding hydrogens is 730 g/mol. The molecule has 1 amide bonds. The number of ether oxygens (including phenoxy) is 2. The monoisotopic (exact) mass is 790 g/mol. The molecule has 1 aromatic rings. The highest BCUT2D eigenvalue weighted by molar-refractivity contribution is 6.30. The zero-order valence-corrected chi connectivity index (χ0v) is 35.4. The zero-order valence-electron chi connectivity index (χ0n) is 34.6. The number of rotatable bonds is 8. The van der Waals surface area contributed by atoms with E-state index in [-0.39, 0.29) is 58.4 Å². The number of Topliss-reactive ketones (excluding diaryl/α,β-unsaturated/α-hetero) is 1. The molecule has 2 heterocycles. The van der Waals surface area contributed by atoms with E-state index in [9.17, 15) is 24.3 Å². The molecule has 8 rings (SSSR count). The first-order valence-electron chi connectivity index (χ1n) is 21.1. The maximum atomic E-state index is 14.3. The Morgan fingerprint density at radius 1 is 0.982 bits per heavy atom. The van der Waals surface area contributed by atoms with E-state index in [1.807, 2.05) is 4.90 Å². The highest BCUT2D eigenvalue weighted by Crippen LogP contribution is 2.77. The summed E-state index contributed by atoms with van der Waals surface area (Å²) in [6, 6.07) is 0. The van der Waals surface area contributed by atoms with Gasteiger partial charge in [-0.1, -0.05) is 46.2 Å². The molecule has 0 aromatic carbocycles. The highest BCUT2D eigenvalue weighted by Gasteiger charge is 2.73. The van der Waals surface area contributed by atoms with E-state index in [2.05, 4.69) is 51.5 Å². The second-order valence-corrected chi connectivity index (χ2v) is 21.4. The fourth-order valence-corrected chi connectivity index (χ4v) is 14.2. The second kappa shape index (κ2) is 12.7. The summed E-state index contributed by atoms with van der Waals surface area (Å²) in [5.74, 6) is 0.239. The number of aromatic nitrogens is 2. The third kappa shape index (κ3) is 5.41. The van der Waals surface area contributed by atoms with Gasteiger partial charge in [-0.25, -0.2) is 14.8 Å². The third-order valence-electron chi connectivity index (χ3n) is 17.4. The van der Waals surface area contributed by atoms with Crippen LogP contribution in [0, 0.1) is 63.1 Å². The van der Waals surface area contributed by atoms with Crippen LogP contribution in [-0.4, -0.2) is 62.5 Å². The number of fused-ring (bicyclic) bond motifs is 7. The van der Waals surface area contributed by atoms with Crippen molar-refractivity contribution in [2.45, 2.75) is 150 Å². The number of esters is 1.